The lowest BCUT2D eigenvalue weighted by atomic mass is 9.92. The number of nitrogens with one attached hydrogen (secondary N) is 1. The first-order chi connectivity index (χ1) is 14.7. The van der Waals surface area contributed by atoms with Crippen LogP contribution in [0.4, 0.5) is 0 Å². The van der Waals surface area contributed by atoms with Gasteiger partial charge >= 0.3 is 0 Å². The fourth-order valence-corrected chi connectivity index (χ4v) is 5.27. The first-order valence-corrected chi connectivity index (χ1v) is 11.5. The molecular formula is C27H32N2O. The highest BCUT2D eigenvalue weighted by Crippen LogP contribution is 2.35. The molecule has 1 aromatic heterocycles. The van der Waals surface area contributed by atoms with Gasteiger partial charge in [0, 0.05) is 30.2 Å². The van der Waals surface area contributed by atoms with Crippen molar-refractivity contribution in [2.75, 3.05) is 6.54 Å². The SMILES string of the molecule is OC1(CCc2ccc3[nH]cc(C4C=CCCN4Cc4ccccc4)c3c2)CCCC1. The number of aromatic nitrogens is 1. The molecule has 3 aromatic rings. The molecule has 1 aliphatic carbocycles. The van der Waals surface area contributed by atoms with Crippen molar-refractivity contribution >= 4 is 10.9 Å². The van der Waals surface area contributed by atoms with Crippen LogP contribution in [-0.4, -0.2) is 27.1 Å². The van der Waals surface area contributed by atoms with Crippen LogP contribution in [0.2, 0.25) is 0 Å². The number of benzene rings is 2. The van der Waals surface area contributed by atoms with Crippen molar-refractivity contribution in [2.45, 2.75) is 63.1 Å². The molecule has 3 heteroatoms. The maximum Gasteiger partial charge on any atom is 0.0651 e. The van der Waals surface area contributed by atoms with Gasteiger partial charge in [-0.25, -0.2) is 0 Å². The predicted octanol–water partition coefficient (Wildman–Crippen LogP) is 5.91. The molecule has 1 saturated carbocycles. The standard InChI is InChI=1S/C27H32N2O/c30-27(14-5-6-15-27)16-13-21-11-12-25-23(18-21)24(19-28-25)26-10-4-7-17-29(26)20-22-8-2-1-3-9-22/h1-4,8-12,18-19,26,28,30H,5-7,13-17,20H2. The summed E-state index contributed by atoms with van der Waals surface area (Å²) in [5.41, 5.74) is 4.82. The molecule has 156 valence electrons. The van der Waals surface area contributed by atoms with Gasteiger partial charge in [0.1, 0.15) is 0 Å². The van der Waals surface area contributed by atoms with Crippen molar-refractivity contribution < 1.29 is 5.11 Å². The van der Waals surface area contributed by atoms with Crippen LogP contribution < -0.4 is 0 Å². The molecule has 0 spiro atoms. The van der Waals surface area contributed by atoms with Crippen LogP contribution >= 0.6 is 0 Å². The molecule has 2 N–H and O–H groups in total. The van der Waals surface area contributed by atoms with Crippen molar-refractivity contribution in [3.8, 4) is 0 Å². The van der Waals surface area contributed by atoms with E-state index in [9.17, 15) is 5.11 Å². The van der Waals surface area contributed by atoms with E-state index >= 15 is 0 Å². The van der Waals surface area contributed by atoms with E-state index in [1.165, 1.54) is 40.4 Å². The van der Waals surface area contributed by atoms with Crippen LogP contribution in [-0.2, 0) is 13.0 Å². The first kappa shape index (κ1) is 19.6. The highest BCUT2D eigenvalue weighted by Gasteiger charge is 2.30. The number of hydrogen-bond donors (Lipinski definition) is 2. The Morgan fingerprint density at radius 3 is 2.70 bits per heavy atom. The van der Waals surface area contributed by atoms with E-state index in [1.54, 1.807) is 0 Å². The molecule has 2 aromatic carbocycles. The predicted molar refractivity (Wildman–Crippen MR) is 123 cm³/mol. The summed E-state index contributed by atoms with van der Waals surface area (Å²) in [6.45, 7) is 2.05. The average molecular weight is 401 g/mol. The third kappa shape index (κ3) is 4.10. The highest BCUT2D eigenvalue weighted by molar-refractivity contribution is 5.84. The zero-order valence-electron chi connectivity index (χ0n) is 17.7. The molecule has 1 fully saturated rings. The summed E-state index contributed by atoms with van der Waals surface area (Å²) in [6.07, 6.45) is 14.1. The second-order valence-corrected chi connectivity index (χ2v) is 9.17. The van der Waals surface area contributed by atoms with Gasteiger partial charge in [0.2, 0.25) is 0 Å². The molecule has 0 saturated heterocycles. The van der Waals surface area contributed by atoms with Crippen molar-refractivity contribution in [1.82, 2.24) is 9.88 Å². The Hall–Kier alpha value is -2.36. The van der Waals surface area contributed by atoms with Gasteiger partial charge < -0.3 is 10.1 Å². The van der Waals surface area contributed by atoms with Gasteiger partial charge in [0.05, 0.1) is 11.6 Å². The molecule has 2 aliphatic rings. The molecule has 1 unspecified atom stereocenters. The Balaban J connectivity index is 1.39. The van der Waals surface area contributed by atoms with Crippen molar-refractivity contribution in [2.24, 2.45) is 0 Å². The Morgan fingerprint density at radius 1 is 1.03 bits per heavy atom. The molecule has 1 aliphatic heterocycles. The van der Waals surface area contributed by atoms with E-state index in [1.807, 2.05) is 0 Å². The van der Waals surface area contributed by atoms with E-state index in [2.05, 4.69) is 76.8 Å². The van der Waals surface area contributed by atoms with E-state index < -0.39 is 5.60 Å². The van der Waals surface area contributed by atoms with Gasteiger partial charge in [-0.15, -0.1) is 0 Å². The van der Waals surface area contributed by atoms with E-state index in [4.69, 9.17) is 0 Å². The Labute approximate surface area is 179 Å². The van der Waals surface area contributed by atoms with E-state index in [-0.39, 0.29) is 0 Å². The number of nitrogens with zero attached hydrogens (tertiary/aromatic N) is 1. The summed E-state index contributed by atoms with van der Waals surface area (Å²) in [4.78, 5) is 6.07. The van der Waals surface area contributed by atoms with Crippen LogP contribution in [0.15, 0.2) is 66.9 Å². The summed E-state index contributed by atoms with van der Waals surface area (Å²) < 4.78 is 0. The minimum Gasteiger partial charge on any atom is -0.390 e. The molecular weight excluding hydrogens is 368 g/mol. The van der Waals surface area contributed by atoms with Gasteiger partial charge in [-0.3, -0.25) is 4.90 Å². The number of aryl methyl sites for hydroxylation is 1. The van der Waals surface area contributed by atoms with Gasteiger partial charge in [-0.05, 0) is 60.9 Å². The van der Waals surface area contributed by atoms with Gasteiger partial charge in [0.15, 0.2) is 0 Å². The van der Waals surface area contributed by atoms with Crippen LogP contribution in [0.5, 0.6) is 0 Å². The lowest BCUT2D eigenvalue weighted by Crippen LogP contribution is -2.30. The lowest BCUT2D eigenvalue weighted by Gasteiger charge is -2.32. The zero-order valence-corrected chi connectivity index (χ0v) is 17.7. The number of hydrogen-bond acceptors (Lipinski definition) is 2. The lowest BCUT2D eigenvalue weighted by molar-refractivity contribution is 0.0391. The van der Waals surface area contributed by atoms with Crippen LogP contribution in [0.1, 0.15) is 61.3 Å². The quantitative estimate of drug-likeness (QED) is 0.505. The molecule has 0 amide bonds. The Kier molecular flexibility index (Phi) is 5.49. The maximum atomic E-state index is 10.7. The largest absolute Gasteiger partial charge is 0.390 e. The second kappa shape index (κ2) is 8.41. The molecule has 3 nitrogen and oxygen atoms in total. The van der Waals surface area contributed by atoms with Crippen molar-refractivity contribution in [3.05, 3.63) is 83.6 Å². The maximum absolute atomic E-state index is 10.7. The third-order valence-electron chi connectivity index (χ3n) is 7.03. The van der Waals surface area contributed by atoms with E-state index in [0.717, 1.165) is 45.2 Å². The number of rotatable bonds is 6. The normalized spacial score (nSPS) is 21.4. The Bertz CT molecular complexity index is 1010. The minimum absolute atomic E-state index is 0.293. The van der Waals surface area contributed by atoms with Crippen LogP contribution in [0.25, 0.3) is 10.9 Å². The smallest absolute Gasteiger partial charge is 0.0651 e. The second-order valence-electron chi connectivity index (χ2n) is 9.17. The van der Waals surface area contributed by atoms with Crippen LogP contribution in [0.3, 0.4) is 0 Å². The monoisotopic (exact) mass is 400 g/mol. The van der Waals surface area contributed by atoms with Crippen molar-refractivity contribution in [1.29, 1.82) is 0 Å². The summed E-state index contributed by atoms with van der Waals surface area (Å²) in [5.74, 6) is 0. The molecule has 0 radical (unpaired) electrons. The molecule has 1 atom stereocenters. The van der Waals surface area contributed by atoms with Gasteiger partial charge in [-0.2, -0.15) is 0 Å². The number of aromatic amines is 1. The topological polar surface area (TPSA) is 39.3 Å². The summed E-state index contributed by atoms with van der Waals surface area (Å²) >= 11 is 0. The van der Waals surface area contributed by atoms with Crippen molar-refractivity contribution in [3.63, 3.8) is 0 Å². The van der Waals surface area contributed by atoms with Gasteiger partial charge in [-0.1, -0.05) is 61.4 Å². The van der Waals surface area contributed by atoms with E-state index in [0.29, 0.717) is 6.04 Å². The third-order valence-corrected chi connectivity index (χ3v) is 7.03. The Morgan fingerprint density at radius 2 is 1.87 bits per heavy atom. The average Bonchev–Trinajstić information content (AvgIpc) is 3.40. The zero-order chi connectivity index (χ0) is 20.4. The summed E-state index contributed by atoms with van der Waals surface area (Å²) in [5, 5.41) is 12.1. The fraction of sp³-hybridized carbons (Fsp3) is 0.407. The van der Waals surface area contributed by atoms with Gasteiger partial charge in [0.25, 0.3) is 0 Å². The molecule has 2 heterocycles. The molecule has 30 heavy (non-hydrogen) atoms. The molecule has 5 rings (SSSR count). The fourth-order valence-electron chi connectivity index (χ4n) is 5.27. The minimum atomic E-state index is -0.436. The first-order valence-electron chi connectivity index (χ1n) is 11.5. The highest BCUT2D eigenvalue weighted by atomic mass is 16.3. The van der Waals surface area contributed by atoms with Crippen LogP contribution in [0, 0.1) is 0 Å². The number of fused-ring (bicyclic) bond motifs is 1. The number of aliphatic hydroxyl groups is 1. The molecule has 0 bridgehead atoms. The number of H-pyrrole nitrogens is 1. The summed E-state index contributed by atoms with van der Waals surface area (Å²) in [6, 6.07) is 17.8. The summed E-state index contributed by atoms with van der Waals surface area (Å²) in [7, 11) is 0.